The van der Waals surface area contributed by atoms with E-state index in [1.165, 1.54) is 6.08 Å². The van der Waals surface area contributed by atoms with Gasteiger partial charge in [-0.1, -0.05) is 24.3 Å². The van der Waals surface area contributed by atoms with Crippen molar-refractivity contribution < 1.29 is 23.4 Å². The molecule has 0 radical (unpaired) electrons. The van der Waals surface area contributed by atoms with Crippen molar-refractivity contribution in [1.29, 1.82) is 0 Å². The third-order valence-corrected chi connectivity index (χ3v) is 3.65. The maximum atomic E-state index is 11.9. The molecule has 1 aromatic heterocycles. The van der Waals surface area contributed by atoms with Gasteiger partial charge in [-0.25, -0.2) is 4.79 Å². The summed E-state index contributed by atoms with van der Waals surface area (Å²) >= 11 is 0. The van der Waals surface area contributed by atoms with Crippen molar-refractivity contribution in [2.45, 2.75) is 6.61 Å². The average Bonchev–Trinajstić information content (AvgIpc) is 3.07. The van der Waals surface area contributed by atoms with Crippen LogP contribution in [0.15, 0.2) is 59.0 Å². The van der Waals surface area contributed by atoms with E-state index < -0.39 is 5.97 Å². The SMILES string of the molecule is COc1ccc(/C=C/C(=O)OCc2cc3ccccc3o2)cc1OC. The lowest BCUT2D eigenvalue weighted by Gasteiger charge is -2.07. The molecule has 25 heavy (non-hydrogen) atoms. The van der Waals surface area contributed by atoms with Crippen molar-refractivity contribution in [3.8, 4) is 11.5 Å². The number of furan rings is 1. The van der Waals surface area contributed by atoms with Crippen LogP contribution in [0.1, 0.15) is 11.3 Å². The van der Waals surface area contributed by atoms with Gasteiger partial charge < -0.3 is 18.6 Å². The average molecular weight is 338 g/mol. The first kappa shape index (κ1) is 16.6. The van der Waals surface area contributed by atoms with Gasteiger partial charge in [0.2, 0.25) is 0 Å². The molecule has 5 nitrogen and oxygen atoms in total. The summed E-state index contributed by atoms with van der Waals surface area (Å²) in [6.45, 7) is 0.0871. The fourth-order valence-corrected chi connectivity index (χ4v) is 2.42. The molecule has 0 aliphatic rings. The van der Waals surface area contributed by atoms with E-state index >= 15 is 0 Å². The first-order valence-corrected chi connectivity index (χ1v) is 7.74. The van der Waals surface area contributed by atoms with E-state index in [1.54, 1.807) is 32.4 Å². The summed E-state index contributed by atoms with van der Waals surface area (Å²) in [5.41, 5.74) is 1.58. The first-order valence-electron chi connectivity index (χ1n) is 7.74. The van der Waals surface area contributed by atoms with Crippen molar-refractivity contribution in [2.75, 3.05) is 14.2 Å². The van der Waals surface area contributed by atoms with E-state index in [0.717, 1.165) is 16.5 Å². The fourth-order valence-electron chi connectivity index (χ4n) is 2.42. The lowest BCUT2D eigenvalue weighted by atomic mass is 10.2. The molecular formula is C20H18O5. The van der Waals surface area contributed by atoms with Crippen LogP contribution in [-0.4, -0.2) is 20.2 Å². The van der Waals surface area contributed by atoms with Gasteiger partial charge in [-0.3, -0.25) is 0 Å². The molecule has 0 saturated carbocycles. The molecule has 5 heteroatoms. The third-order valence-electron chi connectivity index (χ3n) is 3.65. The molecule has 0 aliphatic carbocycles. The van der Waals surface area contributed by atoms with Gasteiger partial charge in [-0.2, -0.15) is 0 Å². The number of ether oxygens (including phenoxy) is 3. The monoisotopic (exact) mass is 338 g/mol. The van der Waals surface area contributed by atoms with Gasteiger partial charge in [-0.15, -0.1) is 0 Å². The molecule has 1 heterocycles. The van der Waals surface area contributed by atoms with Crippen LogP contribution in [0.2, 0.25) is 0 Å². The summed E-state index contributed by atoms with van der Waals surface area (Å²) in [7, 11) is 3.13. The molecule has 3 rings (SSSR count). The van der Waals surface area contributed by atoms with E-state index in [1.807, 2.05) is 36.4 Å². The zero-order valence-electron chi connectivity index (χ0n) is 14.0. The van der Waals surface area contributed by atoms with Crippen molar-refractivity contribution in [1.82, 2.24) is 0 Å². The maximum absolute atomic E-state index is 11.9. The largest absolute Gasteiger partial charge is 0.493 e. The number of rotatable bonds is 6. The summed E-state index contributed by atoms with van der Waals surface area (Å²) < 4.78 is 21.2. The highest BCUT2D eigenvalue weighted by molar-refractivity contribution is 5.87. The topological polar surface area (TPSA) is 57.9 Å². The van der Waals surface area contributed by atoms with Gasteiger partial charge in [-0.05, 0) is 35.9 Å². The molecule has 0 bridgehead atoms. The number of carbonyl (C=O) groups excluding carboxylic acids is 1. The number of benzene rings is 2. The molecule has 0 atom stereocenters. The minimum Gasteiger partial charge on any atom is -0.493 e. The van der Waals surface area contributed by atoms with Crippen LogP contribution in [0.3, 0.4) is 0 Å². The number of para-hydroxylation sites is 1. The Labute approximate surface area is 145 Å². The van der Waals surface area contributed by atoms with Crippen LogP contribution in [-0.2, 0) is 16.1 Å². The smallest absolute Gasteiger partial charge is 0.331 e. The predicted octanol–water partition coefficient (Wildman–Crippen LogP) is 4.21. The molecule has 0 unspecified atom stereocenters. The fraction of sp³-hybridized carbons (Fsp3) is 0.150. The number of fused-ring (bicyclic) bond motifs is 1. The lowest BCUT2D eigenvalue weighted by Crippen LogP contribution is -1.99. The highest BCUT2D eigenvalue weighted by Gasteiger charge is 2.06. The minimum absolute atomic E-state index is 0.0871. The standard InChI is InChI=1S/C20H18O5/c1-22-18-9-7-14(11-19(18)23-2)8-10-20(21)24-13-16-12-15-5-3-4-6-17(15)25-16/h3-12H,13H2,1-2H3/b10-8+. The van der Waals surface area contributed by atoms with E-state index in [2.05, 4.69) is 0 Å². The van der Waals surface area contributed by atoms with Crippen LogP contribution >= 0.6 is 0 Å². The van der Waals surface area contributed by atoms with Crippen molar-refractivity contribution in [2.24, 2.45) is 0 Å². The van der Waals surface area contributed by atoms with Gasteiger partial charge in [0.15, 0.2) is 11.5 Å². The second kappa shape index (κ2) is 7.57. The van der Waals surface area contributed by atoms with Crippen LogP contribution < -0.4 is 9.47 Å². The van der Waals surface area contributed by atoms with Crippen LogP contribution in [0.5, 0.6) is 11.5 Å². The maximum Gasteiger partial charge on any atom is 0.331 e. The zero-order chi connectivity index (χ0) is 17.6. The number of methoxy groups -OCH3 is 2. The Balaban J connectivity index is 1.61. The van der Waals surface area contributed by atoms with E-state index in [-0.39, 0.29) is 6.61 Å². The molecular weight excluding hydrogens is 320 g/mol. The summed E-state index contributed by atoms with van der Waals surface area (Å²) in [5.74, 6) is 1.39. The van der Waals surface area contributed by atoms with Crippen molar-refractivity contribution >= 4 is 23.0 Å². The van der Waals surface area contributed by atoms with Crippen molar-refractivity contribution in [3.05, 3.63) is 65.9 Å². The van der Waals surface area contributed by atoms with E-state index in [9.17, 15) is 4.79 Å². The van der Waals surface area contributed by atoms with Gasteiger partial charge in [0.25, 0.3) is 0 Å². The number of carbonyl (C=O) groups is 1. The lowest BCUT2D eigenvalue weighted by molar-refractivity contribution is -0.139. The predicted molar refractivity (Wildman–Crippen MR) is 94.6 cm³/mol. The molecule has 0 fully saturated rings. The van der Waals surface area contributed by atoms with E-state index in [0.29, 0.717) is 17.3 Å². The molecule has 0 aliphatic heterocycles. The van der Waals surface area contributed by atoms with Crippen molar-refractivity contribution in [3.63, 3.8) is 0 Å². The number of hydrogen-bond acceptors (Lipinski definition) is 5. The number of esters is 1. The Morgan fingerprint density at radius 3 is 2.60 bits per heavy atom. The van der Waals surface area contributed by atoms with Crippen LogP contribution in [0, 0.1) is 0 Å². The second-order valence-electron chi connectivity index (χ2n) is 5.31. The summed E-state index contributed by atoms with van der Waals surface area (Å²) in [5, 5.41) is 0.981. The van der Waals surface area contributed by atoms with E-state index in [4.69, 9.17) is 18.6 Å². The first-order chi connectivity index (χ1) is 12.2. The molecule has 3 aromatic rings. The molecule has 2 aromatic carbocycles. The highest BCUT2D eigenvalue weighted by atomic mass is 16.5. The Morgan fingerprint density at radius 2 is 1.84 bits per heavy atom. The summed E-state index contributed by atoms with van der Waals surface area (Å²) in [6.07, 6.45) is 3.02. The molecule has 0 saturated heterocycles. The Kier molecular flexibility index (Phi) is 5.04. The third kappa shape index (κ3) is 4.01. The van der Waals surface area contributed by atoms with Gasteiger partial charge in [0.1, 0.15) is 18.0 Å². The number of hydrogen-bond donors (Lipinski definition) is 0. The quantitative estimate of drug-likeness (QED) is 0.498. The normalized spacial score (nSPS) is 11.0. The Morgan fingerprint density at radius 1 is 1.04 bits per heavy atom. The Bertz CT molecular complexity index is 874. The van der Waals surface area contributed by atoms with Gasteiger partial charge in [0.05, 0.1) is 14.2 Å². The summed E-state index contributed by atoms with van der Waals surface area (Å²) in [6, 6.07) is 14.9. The van der Waals surface area contributed by atoms with Crippen LogP contribution in [0.25, 0.3) is 17.0 Å². The van der Waals surface area contributed by atoms with Crippen LogP contribution in [0.4, 0.5) is 0 Å². The molecule has 128 valence electrons. The highest BCUT2D eigenvalue weighted by Crippen LogP contribution is 2.28. The molecule has 0 spiro atoms. The second-order valence-corrected chi connectivity index (χ2v) is 5.31. The molecule has 0 amide bonds. The van der Waals surface area contributed by atoms with Gasteiger partial charge in [0, 0.05) is 11.5 Å². The zero-order valence-corrected chi connectivity index (χ0v) is 14.0. The summed E-state index contributed by atoms with van der Waals surface area (Å²) in [4.78, 5) is 11.9. The Hall–Kier alpha value is -3.21. The minimum atomic E-state index is -0.449. The van der Waals surface area contributed by atoms with Gasteiger partial charge >= 0.3 is 5.97 Å². The molecule has 0 N–H and O–H groups in total.